The van der Waals surface area contributed by atoms with E-state index in [1.54, 1.807) is 0 Å². The second-order valence-electron chi connectivity index (χ2n) is 8.35. The Morgan fingerprint density at radius 1 is 0.944 bits per heavy atom. The number of rotatable bonds is 4. The van der Waals surface area contributed by atoms with Gasteiger partial charge >= 0.3 is 0 Å². The third-order valence-corrected chi connectivity index (χ3v) is 5.99. The summed E-state index contributed by atoms with van der Waals surface area (Å²) >= 11 is 0. The average molecular weight is 482 g/mol. The summed E-state index contributed by atoms with van der Waals surface area (Å²) < 4.78 is 5.46. The lowest BCUT2D eigenvalue weighted by atomic mass is 10.0. The number of anilines is 2. The summed E-state index contributed by atoms with van der Waals surface area (Å²) in [6.07, 6.45) is -1.13. The number of nitrogens with one attached hydrogen (secondary N) is 1. The number of aliphatic imine (C=N–C) groups is 3. The second-order valence-corrected chi connectivity index (χ2v) is 8.35. The summed E-state index contributed by atoms with van der Waals surface area (Å²) in [5.41, 5.74) is 17.2. The number of hydrogen-bond donors (Lipinski definition) is 3. The van der Waals surface area contributed by atoms with Gasteiger partial charge in [-0.2, -0.15) is 4.99 Å². The number of benzene rings is 3. The third kappa shape index (κ3) is 4.96. The first-order valence-corrected chi connectivity index (χ1v) is 11.7. The van der Waals surface area contributed by atoms with Crippen LogP contribution in [0.5, 0.6) is 0 Å². The number of hydrogen-bond acceptors (Lipinski definition) is 5. The summed E-state index contributed by atoms with van der Waals surface area (Å²) in [5.74, 6) is -0.326. The molecule has 1 fully saturated rings. The topological polar surface area (TPSA) is 131 Å². The molecule has 0 saturated carbocycles. The van der Waals surface area contributed by atoms with Crippen LogP contribution in [0.25, 0.3) is 0 Å². The Morgan fingerprint density at radius 3 is 2.44 bits per heavy atom. The van der Waals surface area contributed by atoms with Crippen LogP contribution in [0.3, 0.4) is 0 Å². The average Bonchev–Trinajstić information content (AvgIpc) is 3.05. The highest BCUT2D eigenvalue weighted by Crippen LogP contribution is 2.25. The zero-order chi connectivity index (χ0) is 24.9. The molecular formula is C27H27N7O2. The van der Waals surface area contributed by atoms with Crippen molar-refractivity contribution in [2.45, 2.75) is 6.17 Å². The molecule has 2 aliphatic heterocycles. The molecule has 1 saturated heterocycles. The van der Waals surface area contributed by atoms with Gasteiger partial charge in [-0.25, -0.2) is 9.98 Å². The minimum absolute atomic E-state index is 0.133. The van der Waals surface area contributed by atoms with Gasteiger partial charge in [-0.1, -0.05) is 60.7 Å². The van der Waals surface area contributed by atoms with Crippen LogP contribution in [0, 0.1) is 0 Å². The number of nitrogens with two attached hydrogens (primary N) is 2. The maximum atomic E-state index is 13.0. The van der Waals surface area contributed by atoms with Crippen molar-refractivity contribution in [2.75, 3.05) is 36.5 Å². The van der Waals surface area contributed by atoms with Crippen LogP contribution in [0.15, 0.2) is 93.8 Å². The van der Waals surface area contributed by atoms with E-state index in [4.69, 9.17) is 16.2 Å². The number of guanidine groups is 1. The largest absolute Gasteiger partial charge is 0.383 e. The van der Waals surface area contributed by atoms with Gasteiger partial charge in [0, 0.05) is 35.5 Å². The predicted octanol–water partition coefficient (Wildman–Crippen LogP) is 2.36. The molecule has 1 unspecified atom stereocenters. The van der Waals surface area contributed by atoms with E-state index >= 15 is 0 Å². The fraction of sp³-hybridized carbons (Fsp3) is 0.185. The van der Waals surface area contributed by atoms with Crippen LogP contribution >= 0.6 is 0 Å². The smallest absolute Gasteiger partial charge is 0.271 e. The van der Waals surface area contributed by atoms with E-state index < -0.39 is 12.1 Å². The van der Waals surface area contributed by atoms with E-state index in [0.717, 1.165) is 35.5 Å². The number of morpholine rings is 1. The molecule has 0 spiro atoms. The molecule has 0 bridgehead atoms. The first-order chi connectivity index (χ1) is 17.6. The van der Waals surface area contributed by atoms with Crippen molar-refractivity contribution in [2.24, 2.45) is 26.4 Å². The van der Waals surface area contributed by atoms with Gasteiger partial charge in [0.05, 0.1) is 24.6 Å². The van der Waals surface area contributed by atoms with E-state index in [9.17, 15) is 4.79 Å². The number of para-hydroxylation sites is 2. The number of amides is 1. The summed E-state index contributed by atoms with van der Waals surface area (Å²) in [5, 5.41) is 2.90. The van der Waals surface area contributed by atoms with Crippen LogP contribution in [-0.2, 0) is 9.53 Å². The van der Waals surface area contributed by atoms with Crippen LogP contribution < -0.4 is 21.7 Å². The van der Waals surface area contributed by atoms with Gasteiger partial charge in [-0.05, 0) is 18.2 Å². The molecule has 2 aliphatic rings. The molecule has 0 aromatic heterocycles. The maximum absolute atomic E-state index is 13.0. The highest BCUT2D eigenvalue weighted by molar-refractivity contribution is 6.19. The first-order valence-electron chi connectivity index (χ1n) is 11.7. The number of carbonyl (C=O) groups excluding carboxylic acids is 1. The van der Waals surface area contributed by atoms with Crippen molar-refractivity contribution in [3.05, 3.63) is 95.6 Å². The Bertz CT molecular complexity index is 1340. The van der Waals surface area contributed by atoms with Crippen LogP contribution in [0.1, 0.15) is 16.7 Å². The Morgan fingerprint density at radius 2 is 1.64 bits per heavy atom. The van der Waals surface area contributed by atoms with Crippen molar-refractivity contribution < 1.29 is 9.53 Å². The second kappa shape index (κ2) is 10.4. The highest BCUT2D eigenvalue weighted by atomic mass is 16.5. The van der Waals surface area contributed by atoms with Gasteiger partial charge in [0.25, 0.3) is 5.91 Å². The normalized spacial score (nSPS) is 18.7. The molecule has 3 aromatic carbocycles. The Balaban J connectivity index is 1.49. The number of carbonyl (C=O) groups is 1. The Hall–Kier alpha value is -4.50. The Labute approximate surface area is 209 Å². The molecular weight excluding hydrogens is 454 g/mol. The molecule has 0 aliphatic carbocycles. The van der Waals surface area contributed by atoms with E-state index in [-0.39, 0.29) is 11.8 Å². The molecule has 1 amide bonds. The standard InChI is InChI=1S/C27H27N7O2/c28-24(20-11-5-7-13-22(20)34-14-16-36-17-15-34)32-27(29)33-25-26(35)30-21-12-6-4-10-19(21)23(31-25)18-8-2-1-3-9-18/h1-13,25H,14-17H2,(H,30,35)(H4,28,29,32,33). The van der Waals surface area contributed by atoms with Gasteiger partial charge in [0.1, 0.15) is 5.84 Å². The summed E-state index contributed by atoms with van der Waals surface area (Å²) in [6, 6.07) is 24.9. The van der Waals surface area contributed by atoms with E-state index in [1.165, 1.54) is 0 Å². The number of ether oxygens (including phenoxy) is 1. The molecule has 5 N–H and O–H groups in total. The maximum Gasteiger partial charge on any atom is 0.271 e. The lowest BCUT2D eigenvalue weighted by Crippen LogP contribution is -2.37. The van der Waals surface area contributed by atoms with Crippen LogP contribution in [-0.4, -0.2) is 55.9 Å². The molecule has 9 nitrogen and oxygen atoms in total. The lowest BCUT2D eigenvalue weighted by molar-refractivity contribution is -0.117. The predicted molar refractivity (Wildman–Crippen MR) is 143 cm³/mol. The van der Waals surface area contributed by atoms with Crippen LogP contribution in [0.4, 0.5) is 11.4 Å². The van der Waals surface area contributed by atoms with E-state index in [1.807, 2.05) is 78.9 Å². The fourth-order valence-corrected chi connectivity index (χ4v) is 4.27. The minimum Gasteiger partial charge on any atom is -0.383 e. The summed E-state index contributed by atoms with van der Waals surface area (Å²) in [4.78, 5) is 28.6. The number of amidine groups is 1. The van der Waals surface area contributed by atoms with Gasteiger partial charge in [0.2, 0.25) is 12.1 Å². The van der Waals surface area contributed by atoms with Crippen molar-refractivity contribution >= 4 is 34.8 Å². The molecule has 3 aromatic rings. The third-order valence-electron chi connectivity index (χ3n) is 5.99. The van der Waals surface area contributed by atoms with Crippen molar-refractivity contribution in [1.29, 1.82) is 0 Å². The van der Waals surface area contributed by atoms with Gasteiger partial charge in [-0.3, -0.25) is 4.79 Å². The van der Waals surface area contributed by atoms with Gasteiger partial charge in [0.15, 0.2) is 0 Å². The number of benzodiazepines with no additional fused rings is 1. The van der Waals surface area contributed by atoms with E-state index in [0.29, 0.717) is 24.6 Å². The summed E-state index contributed by atoms with van der Waals surface area (Å²) in [7, 11) is 0. The molecule has 2 heterocycles. The lowest BCUT2D eigenvalue weighted by Gasteiger charge is -2.30. The molecule has 5 rings (SSSR count). The molecule has 182 valence electrons. The van der Waals surface area contributed by atoms with Gasteiger partial charge < -0.3 is 26.4 Å². The number of nitrogens with zero attached hydrogens (tertiary/aromatic N) is 4. The Kier molecular flexibility index (Phi) is 6.72. The highest BCUT2D eigenvalue weighted by Gasteiger charge is 2.25. The molecule has 9 heteroatoms. The van der Waals surface area contributed by atoms with E-state index in [2.05, 4.69) is 25.2 Å². The zero-order valence-electron chi connectivity index (χ0n) is 19.7. The summed E-state index contributed by atoms with van der Waals surface area (Å²) in [6.45, 7) is 2.81. The number of fused-ring (bicyclic) bond motifs is 1. The first kappa shape index (κ1) is 23.3. The van der Waals surface area contributed by atoms with Crippen molar-refractivity contribution in [3.63, 3.8) is 0 Å². The van der Waals surface area contributed by atoms with Crippen molar-refractivity contribution in [1.82, 2.24) is 0 Å². The van der Waals surface area contributed by atoms with Gasteiger partial charge in [-0.15, -0.1) is 0 Å². The minimum atomic E-state index is -1.13. The zero-order valence-corrected chi connectivity index (χ0v) is 19.7. The fourth-order valence-electron chi connectivity index (χ4n) is 4.27. The van der Waals surface area contributed by atoms with Crippen LogP contribution in [0.2, 0.25) is 0 Å². The molecule has 1 atom stereocenters. The SMILES string of the molecule is NC(=NC1N=C(c2ccccc2)c2ccccc2NC1=O)N=C(N)c1ccccc1N1CCOCC1. The molecule has 36 heavy (non-hydrogen) atoms. The monoisotopic (exact) mass is 481 g/mol. The quantitative estimate of drug-likeness (QED) is 0.389. The van der Waals surface area contributed by atoms with Crippen molar-refractivity contribution in [3.8, 4) is 0 Å². The molecule has 0 radical (unpaired) electrons.